The molecule has 0 N–H and O–H groups in total. The van der Waals surface area contributed by atoms with Crippen molar-refractivity contribution in [2.75, 3.05) is 14.1 Å². The van der Waals surface area contributed by atoms with Crippen LogP contribution in [0.3, 0.4) is 0 Å². The molecule has 2 heteroatoms. The summed E-state index contributed by atoms with van der Waals surface area (Å²) in [4.78, 5) is 13.6. The lowest BCUT2D eigenvalue weighted by atomic mass is 9.88. The van der Waals surface area contributed by atoms with Gasteiger partial charge in [0.15, 0.2) is 5.78 Å². The van der Waals surface area contributed by atoms with E-state index in [1.165, 1.54) is 5.56 Å². The first-order valence-corrected chi connectivity index (χ1v) is 6.36. The molecule has 19 heavy (non-hydrogen) atoms. The van der Waals surface area contributed by atoms with Crippen LogP contribution in [0.5, 0.6) is 0 Å². The molecule has 0 saturated carbocycles. The van der Waals surface area contributed by atoms with Crippen molar-refractivity contribution in [1.29, 1.82) is 0 Å². The molecule has 0 radical (unpaired) electrons. The van der Waals surface area contributed by atoms with E-state index in [-0.39, 0.29) is 5.78 Å². The van der Waals surface area contributed by atoms with E-state index in [0.29, 0.717) is 6.42 Å². The van der Waals surface area contributed by atoms with Gasteiger partial charge in [0.2, 0.25) is 0 Å². The summed E-state index contributed by atoms with van der Waals surface area (Å²) in [6.45, 7) is 5.84. The monoisotopic (exact) mass is 253 g/mol. The van der Waals surface area contributed by atoms with Crippen LogP contribution in [-0.2, 0) is 11.2 Å². The fourth-order valence-electron chi connectivity index (χ4n) is 2.39. The van der Waals surface area contributed by atoms with Crippen molar-refractivity contribution in [2.45, 2.75) is 13.3 Å². The van der Waals surface area contributed by atoms with Crippen molar-refractivity contribution in [3.8, 4) is 0 Å². The predicted molar refractivity (Wildman–Crippen MR) is 80.7 cm³/mol. The molecule has 0 amide bonds. The number of carbonyl (C=O) groups is 1. The number of allylic oxidation sites excluding steroid dienone is 4. The smallest absolute Gasteiger partial charge is 0.160 e. The molecular formula is C17H19NO. The third-order valence-corrected chi connectivity index (χ3v) is 3.22. The number of hydrogen-bond donors (Lipinski definition) is 0. The Morgan fingerprint density at radius 3 is 2.74 bits per heavy atom. The summed E-state index contributed by atoms with van der Waals surface area (Å²) in [5, 5.41) is 0. The quantitative estimate of drug-likeness (QED) is 0.770. The van der Waals surface area contributed by atoms with Gasteiger partial charge in [-0.25, -0.2) is 0 Å². The third-order valence-electron chi connectivity index (χ3n) is 3.22. The standard InChI is InChI=1S/C17H19NO/c1-5-13(11-18(3)4)14-6-7-17-12(2)8-16(19)10-15(17)9-14/h5-9,11H,1,10H2,2-4H3/b13-11+. The highest BCUT2D eigenvalue weighted by Crippen LogP contribution is 2.28. The number of nitrogens with zero attached hydrogens (tertiary/aromatic N) is 1. The maximum Gasteiger partial charge on any atom is 0.160 e. The van der Waals surface area contributed by atoms with Crippen LogP contribution in [-0.4, -0.2) is 24.8 Å². The topological polar surface area (TPSA) is 20.3 Å². The van der Waals surface area contributed by atoms with Gasteiger partial charge >= 0.3 is 0 Å². The molecule has 0 unspecified atom stereocenters. The molecule has 2 nitrogen and oxygen atoms in total. The second-order valence-electron chi connectivity index (χ2n) is 5.09. The van der Waals surface area contributed by atoms with Gasteiger partial charge < -0.3 is 4.90 Å². The zero-order valence-electron chi connectivity index (χ0n) is 11.7. The van der Waals surface area contributed by atoms with Crippen molar-refractivity contribution in [3.05, 3.63) is 59.8 Å². The Hall–Kier alpha value is -2.09. The summed E-state index contributed by atoms with van der Waals surface area (Å²) in [5.74, 6) is 0.180. The number of rotatable bonds is 3. The lowest BCUT2D eigenvalue weighted by molar-refractivity contribution is -0.114. The van der Waals surface area contributed by atoms with Crippen molar-refractivity contribution in [3.63, 3.8) is 0 Å². The minimum absolute atomic E-state index is 0.180. The van der Waals surface area contributed by atoms with Crippen LogP contribution < -0.4 is 0 Å². The van der Waals surface area contributed by atoms with Crippen molar-refractivity contribution < 1.29 is 4.79 Å². The maximum atomic E-state index is 11.6. The van der Waals surface area contributed by atoms with E-state index in [2.05, 4.69) is 24.8 Å². The van der Waals surface area contributed by atoms with Crippen molar-refractivity contribution in [2.24, 2.45) is 0 Å². The van der Waals surface area contributed by atoms with Crippen LogP contribution in [0.4, 0.5) is 0 Å². The molecule has 1 aromatic rings. The number of benzene rings is 1. The average Bonchev–Trinajstić information content (AvgIpc) is 2.34. The van der Waals surface area contributed by atoms with Gasteiger partial charge in [-0.05, 0) is 40.8 Å². The largest absolute Gasteiger partial charge is 0.383 e. The highest BCUT2D eigenvalue weighted by molar-refractivity contribution is 6.01. The summed E-state index contributed by atoms with van der Waals surface area (Å²) in [5.41, 5.74) is 5.50. The lowest BCUT2D eigenvalue weighted by Crippen LogP contribution is -2.09. The SMILES string of the molecule is C=C/C(=C\N(C)C)c1ccc2c(c1)CC(=O)C=C2C. The van der Waals surface area contributed by atoms with Crippen LogP contribution in [0.25, 0.3) is 11.1 Å². The molecule has 0 atom stereocenters. The molecule has 1 aromatic carbocycles. The van der Waals surface area contributed by atoms with Crippen LogP contribution >= 0.6 is 0 Å². The highest BCUT2D eigenvalue weighted by atomic mass is 16.1. The first-order chi connectivity index (χ1) is 9.01. The Kier molecular flexibility index (Phi) is 3.70. The number of fused-ring (bicyclic) bond motifs is 1. The zero-order chi connectivity index (χ0) is 14.0. The van der Waals surface area contributed by atoms with Gasteiger partial charge in [-0.15, -0.1) is 0 Å². The predicted octanol–water partition coefficient (Wildman–Crippen LogP) is 3.30. The summed E-state index contributed by atoms with van der Waals surface area (Å²) < 4.78 is 0. The summed E-state index contributed by atoms with van der Waals surface area (Å²) in [6.07, 6.45) is 6.09. The van der Waals surface area contributed by atoms with Gasteiger partial charge in [-0.2, -0.15) is 0 Å². The van der Waals surface area contributed by atoms with Gasteiger partial charge in [-0.3, -0.25) is 4.79 Å². The second-order valence-corrected chi connectivity index (χ2v) is 5.09. The zero-order valence-corrected chi connectivity index (χ0v) is 11.7. The van der Waals surface area contributed by atoms with Crippen LogP contribution in [0, 0.1) is 0 Å². The molecule has 0 aliphatic heterocycles. The molecular weight excluding hydrogens is 234 g/mol. The van der Waals surface area contributed by atoms with E-state index in [1.807, 2.05) is 38.2 Å². The molecule has 0 bridgehead atoms. The van der Waals surface area contributed by atoms with Crippen LogP contribution in [0.2, 0.25) is 0 Å². The van der Waals surface area contributed by atoms with Crippen molar-refractivity contribution >= 4 is 16.9 Å². The molecule has 0 saturated heterocycles. The molecule has 0 heterocycles. The fourth-order valence-corrected chi connectivity index (χ4v) is 2.39. The van der Waals surface area contributed by atoms with E-state index in [0.717, 1.165) is 22.3 Å². The summed E-state index contributed by atoms with van der Waals surface area (Å²) in [6, 6.07) is 6.28. The van der Waals surface area contributed by atoms with Crippen LogP contribution in [0.15, 0.2) is 43.1 Å². The first kappa shape index (κ1) is 13.3. The average molecular weight is 253 g/mol. The number of hydrogen-bond acceptors (Lipinski definition) is 2. The van der Waals surface area contributed by atoms with Crippen molar-refractivity contribution in [1.82, 2.24) is 4.90 Å². The van der Waals surface area contributed by atoms with Gasteiger partial charge in [0.05, 0.1) is 0 Å². The lowest BCUT2D eigenvalue weighted by Gasteiger charge is -2.16. The Balaban J connectivity index is 2.47. The highest BCUT2D eigenvalue weighted by Gasteiger charge is 2.15. The number of ketones is 1. The molecule has 2 rings (SSSR count). The molecule has 0 spiro atoms. The minimum atomic E-state index is 0.180. The van der Waals surface area contributed by atoms with Crippen LogP contribution in [0.1, 0.15) is 23.6 Å². The van der Waals surface area contributed by atoms with E-state index >= 15 is 0 Å². The van der Waals surface area contributed by atoms with Gasteiger partial charge in [0.1, 0.15) is 0 Å². The molecule has 98 valence electrons. The second kappa shape index (κ2) is 5.27. The van der Waals surface area contributed by atoms with Gasteiger partial charge in [-0.1, -0.05) is 30.9 Å². The van der Waals surface area contributed by atoms with E-state index in [4.69, 9.17) is 0 Å². The molecule has 0 fully saturated rings. The Labute approximate surface area is 114 Å². The molecule has 1 aliphatic carbocycles. The Bertz CT molecular complexity index is 591. The number of carbonyl (C=O) groups excluding carboxylic acids is 1. The maximum absolute atomic E-state index is 11.6. The minimum Gasteiger partial charge on any atom is -0.383 e. The van der Waals surface area contributed by atoms with E-state index in [1.54, 1.807) is 6.08 Å². The Morgan fingerprint density at radius 1 is 1.37 bits per heavy atom. The van der Waals surface area contributed by atoms with Gasteiger partial charge in [0, 0.05) is 26.7 Å². The fraction of sp³-hybridized carbons (Fsp3) is 0.235. The van der Waals surface area contributed by atoms with E-state index < -0.39 is 0 Å². The molecule has 0 aromatic heterocycles. The third kappa shape index (κ3) is 2.84. The normalized spacial score (nSPS) is 14.8. The first-order valence-electron chi connectivity index (χ1n) is 6.36. The Morgan fingerprint density at radius 2 is 2.11 bits per heavy atom. The van der Waals surface area contributed by atoms with Gasteiger partial charge in [0.25, 0.3) is 0 Å². The molecule has 1 aliphatic rings. The summed E-state index contributed by atoms with van der Waals surface area (Å²) in [7, 11) is 3.97. The van der Waals surface area contributed by atoms with E-state index in [9.17, 15) is 4.79 Å². The summed E-state index contributed by atoms with van der Waals surface area (Å²) >= 11 is 0.